The molecule has 0 spiro atoms. The third kappa shape index (κ3) is 7.10. The highest BCUT2D eigenvalue weighted by Gasteiger charge is 2.20. The van der Waals surface area contributed by atoms with E-state index in [1.54, 1.807) is 0 Å². The number of hydrogen-bond acceptors (Lipinski definition) is 4. The van der Waals surface area contributed by atoms with Crippen LogP contribution in [0.15, 0.2) is 0 Å². The fraction of sp³-hybridized carbons (Fsp3) is 0.933. The van der Waals surface area contributed by atoms with Crippen LogP contribution in [-0.4, -0.2) is 54.9 Å². The van der Waals surface area contributed by atoms with Crippen molar-refractivity contribution in [1.29, 1.82) is 0 Å². The second kappa shape index (κ2) is 7.84. The van der Waals surface area contributed by atoms with Crippen molar-refractivity contribution in [3.05, 3.63) is 0 Å². The Morgan fingerprint density at radius 2 is 1.95 bits per heavy atom. The number of carbonyl (C=O) groups excluding carboxylic acids is 1. The molecule has 1 unspecified atom stereocenters. The predicted octanol–water partition coefficient (Wildman–Crippen LogP) is 1.97. The Bertz CT molecular complexity index is 294. The van der Waals surface area contributed by atoms with Gasteiger partial charge in [-0.1, -0.05) is 6.92 Å². The smallest absolute Gasteiger partial charge is 0.407 e. The summed E-state index contributed by atoms with van der Waals surface area (Å²) in [6.07, 6.45) is 2.03. The van der Waals surface area contributed by atoms with Gasteiger partial charge in [-0.15, -0.1) is 0 Å². The Labute approximate surface area is 123 Å². The highest BCUT2D eigenvalue weighted by atomic mass is 16.6. The molecule has 1 aliphatic rings. The van der Waals surface area contributed by atoms with Crippen molar-refractivity contribution < 1.29 is 9.53 Å². The molecular weight excluding hydrogens is 254 g/mol. The van der Waals surface area contributed by atoms with E-state index in [9.17, 15) is 4.79 Å². The number of amides is 1. The van der Waals surface area contributed by atoms with E-state index in [1.807, 2.05) is 20.8 Å². The van der Waals surface area contributed by atoms with Gasteiger partial charge < -0.3 is 20.3 Å². The lowest BCUT2D eigenvalue weighted by Gasteiger charge is -2.33. The Hall–Kier alpha value is -0.810. The molecule has 1 rings (SSSR count). The summed E-state index contributed by atoms with van der Waals surface area (Å²) in [5.41, 5.74) is -0.437. The molecule has 1 heterocycles. The van der Waals surface area contributed by atoms with Crippen LogP contribution in [0.1, 0.15) is 47.5 Å². The van der Waals surface area contributed by atoms with E-state index in [2.05, 4.69) is 29.4 Å². The molecule has 1 atom stereocenters. The molecule has 0 aromatic carbocycles. The average Bonchev–Trinajstić information content (AvgIpc) is 2.35. The van der Waals surface area contributed by atoms with Crippen molar-refractivity contribution >= 4 is 6.09 Å². The lowest BCUT2D eigenvalue weighted by atomic mass is 10.0. The van der Waals surface area contributed by atoms with Crippen LogP contribution in [0.4, 0.5) is 4.79 Å². The molecule has 5 nitrogen and oxygen atoms in total. The van der Waals surface area contributed by atoms with Crippen LogP contribution in [0.2, 0.25) is 0 Å². The van der Waals surface area contributed by atoms with Crippen molar-refractivity contribution in [3.63, 3.8) is 0 Å². The van der Waals surface area contributed by atoms with Crippen molar-refractivity contribution in [3.8, 4) is 0 Å². The first-order valence-electron chi connectivity index (χ1n) is 7.75. The second-order valence-corrected chi connectivity index (χ2v) is 6.66. The third-order valence-corrected chi connectivity index (χ3v) is 3.51. The largest absolute Gasteiger partial charge is 0.444 e. The van der Waals surface area contributed by atoms with Gasteiger partial charge >= 0.3 is 6.09 Å². The van der Waals surface area contributed by atoms with E-state index >= 15 is 0 Å². The van der Waals surface area contributed by atoms with Crippen LogP contribution in [0.3, 0.4) is 0 Å². The lowest BCUT2D eigenvalue weighted by Crippen LogP contribution is -2.49. The minimum absolute atomic E-state index is 0.265. The Kier molecular flexibility index (Phi) is 6.76. The fourth-order valence-corrected chi connectivity index (χ4v) is 2.43. The maximum Gasteiger partial charge on any atom is 0.407 e. The number of nitrogens with one attached hydrogen (secondary N) is 2. The second-order valence-electron chi connectivity index (χ2n) is 6.66. The maximum atomic E-state index is 11.6. The standard InChI is InChI=1S/C15H31N3O2/c1-6-18-9-7-13(8-10-18)17-12(2)11-16-14(19)20-15(3,4)5/h12-13,17H,6-11H2,1-5H3,(H,16,19). The van der Waals surface area contributed by atoms with E-state index in [1.165, 1.54) is 25.9 Å². The van der Waals surface area contributed by atoms with Crippen LogP contribution in [0.25, 0.3) is 0 Å². The minimum atomic E-state index is -0.437. The molecule has 0 saturated carbocycles. The van der Waals surface area contributed by atoms with Crippen LogP contribution >= 0.6 is 0 Å². The Morgan fingerprint density at radius 1 is 1.35 bits per heavy atom. The normalized spacial score (nSPS) is 19.6. The summed E-state index contributed by atoms with van der Waals surface area (Å²) in [6.45, 7) is 14.0. The first-order valence-corrected chi connectivity index (χ1v) is 7.75. The molecule has 0 aromatic rings. The van der Waals surface area contributed by atoms with Crippen molar-refractivity contribution in [2.24, 2.45) is 0 Å². The van der Waals surface area contributed by atoms with Gasteiger partial charge in [0.2, 0.25) is 0 Å². The number of ether oxygens (including phenoxy) is 1. The summed E-state index contributed by atoms with van der Waals surface area (Å²) in [6, 6.07) is 0.828. The SMILES string of the molecule is CCN1CCC(NC(C)CNC(=O)OC(C)(C)C)CC1. The third-order valence-electron chi connectivity index (χ3n) is 3.51. The molecule has 20 heavy (non-hydrogen) atoms. The van der Waals surface area contributed by atoms with Gasteiger partial charge in [0.25, 0.3) is 0 Å². The predicted molar refractivity (Wildman–Crippen MR) is 82.0 cm³/mol. The molecule has 1 fully saturated rings. The van der Waals surface area contributed by atoms with Gasteiger partial charge in [-0.3, -0.25) is 0 Å². The monoisotopic (exact) mass is 285 g/mol. The summed E-state index contributed by atoms with van der Waals surface area (Å²) in [5, 5.41) is 6.40. The average molecular weight is 285 g/mol. The number of piperidine rings is 1. The topological polar surface area (TPSA) is 53.6 Å². The number of rotatable bonds is 5. The fourth-order valence-electron chi connectivity index (χ4n) is 2.43. The van der Waals surface area contributed by atoms with Gasteiger partial charge in [0.15, 0.2) is 0 Å². The van der Waals surface area contributed by atoms with Gasteiger partial charge in [-0.2, -0.15) is 0 Å². The number of nitrogens with zero attached hydrogens (tertiary/aromatic N) is 1. The zero-order valence-electron chi connectivity index (χ0n) is 13.7. The van der Waals surface area contributed by atoms with Gasteiger partial charge in [-0.05, 0) is 60.2 Å². The molecule has 0 aromatic heterocycles. The Morgan fingerprint density at radius 3 is 2.45 bits per heavy atom. The van der Waals surface area contributed by atoms with Crippen LogP contribution in [0.5, 0.6) is 0 Å². The van der Waals surface area contributed by atoms with Gasteiger partial charge in [-0.25, -0.2) is 4.79 Å². The minimum Gasteiger partial charge on any atom is -0.444 e. The summed E-state index contributed by atoms with van der Waals surface area (Å²) in [5.74, 6) is 0. The molecule has 1 saturated heterocycles. The molecule has 1 aliphatic heterocycles. The van der Waals surface area contributed by atoms with Crippen LogP contribution in [-0.2, 0) is 4.74 Å². The van der Waals surface area contributed by atoms with Crippen molar-refractivity contribution in [1.82, 2.24) is 15.5 Å². The molecule has 2 N–H and O–H groups in total. The lowest BCUT2D eigenvalue weighted by molar-refractivity contribution is 0.0521. The number of hydrogen-bond donors (Lipinski definition) is 2. The summed E-state index contributed by atoms with van der Waals surface area (Å²) in [4.78, 5) is 14.0. The van der Waals surface area contributed by atoms with Crippen molar-refractivity contribution in [2.45, 2.75) is 65.1 Å². The Balaban J connectivity index is 2.17. The molecule has 1 amide bonds. The highest BCUT2D eigenvalue weighted by Crippen LogP contribution is 2.10. The molecular formula is C15H31N3O2. The van der Waals surface area contributed by atoms with Gasteiger partial charge in [0.05, 0.1) is 0 Å². The van der Waals surface area contributed by atoms with Gasteiger partial charge in [0.1, 0.15) is 5.60 Å². The first kappa shape index (κ1) is 17.2. The first-order chi connectivity index (χ1) is 9.30. The molecule has 0 bridgehead atoms. The van der Waals surface area contributed by atoms with E-state index in [-0.39, 0.29) is 12.1 Å². The van der Waals surface area contributed by atoms with E-state index in [0.29, 0.717) is 12.6 Å². The zero-order chi connectivity index (χ0) is 15.2. The molecule has 5 heteroatoms. The quantitative estimate of drug-likeness (QED) is 0.811. The highest BCUT2D eigenvalue weighted by molar-refractivity contribution is 5.67. The van der Waals surface area contributed by atoms with E-state index in [0.717, 1.165) is 6.54 Å². The summed E-state index contributed by atoms with van der Waals surface area (Å²) in [7, 11) is 0. The molecule has 118 valence electrons. The number of alkyl carbamates (subject to hydrolysis) is 1. The van der Waals surface area contributed by atoms with E-state index < -0.39 is 5.60 Å². The summed E-state index contributed by atoms with van der Waals surface area (Å²) >= 11 is 0. The van der Waals surface area contributed by atoms with Crippen molar-refractivity contribution in [2.75, 3.05) is 26.2 Å². The van der Waals surface area contributed by atoms with Crippen LogP contribution in [0, 0.1) is 0 Å². The number of carbonyl (C=O) groups is 1. The zero-order valence-corrected chi connectivity index (χ0v) is 13.7. The number of likely N-dealkylation sites (tertiary alicyclic amines) is 1. The van der Waals surface area contributed by atoms with E-state index in [4.69, 9.17) is 4.74 Å². The molecule has 0 radical (unpaired) electrons. The van der Waals surface area contributed by atoms with Crippen LogP contribution < -0.4 is 10.6 Å². The van der Waals surface area contributed by atoms with Gasteiger partial charge in [0, 0.05) is 18.6 Å². The summed E-state index contributed by atoms with van der Waals surface area (Å²) < 4.78 is 5.22. The maximum absolute atomic E-state index is 11.6. The molecule has 0 aliphatic carbocycles.